The molecule has 2 atom stereocenters. The fourth-order valence-corrected chi connectivity index (χ4v) is 3.98. The largest absolute Gasteiger partial charge is 0.490 e. The number of ether oxygens (including phenoxy) is 1. The summed E-state index contributed by atoms with van der Waals surface area (Å²) in [5.41, 5.74) is 4.82. The maximum atomic E-state index is 6.45. The summed E-state index contributed by atoms with van der Waals surface area (Å²) in [4.78, 5) is 0. The highest BCUT2D eigenvalue weighted by molar-refractivity contribution is 5.86. The quantitative estimate of drug-likeness (QED) is 0.704. The molecule has 2 aromatic carbocycles. The van der Waals surface area contributed by atoms with E-state index < -0.39 is 0 Å². The minimum atomic E-state index is 0.277. The Balaban J connectivity index is 1.41. The van der Waals surface area contributed by atoms with E-state index >= 15 is 0 Å². The van der Waals surface area contributed by atoms with Crippen molar-refractivity contribution in [3.8, 4) is 5.75 Å². The Kier molecular flexibility index (Phi) is 4.93. The van der Waals surface area contributed by atoms with Crippen molar-refractivity contribution >= 4 is 10.9 Å². The molecular weight excluding hydrogens is 322 g/mol. The lowest BCUT2D eigenvalue weighted by molar-refractivity contribution is 0.133. The molecule has 136 valence electrons. The number of nitrogens with zero attached hydrogens (tertiary/aromatic N) is 1. The number of nitrogens with one attached hydrogen (secondary N) is 2. The van der Waals surface area contributed by atoms with Gasteiger partial charge in [-0.05, 0) is 56.7 Å². The molecule has 0 aliphatic heterocycles. The molecule has 1 aliphatic carbocycles. The van der Waals surface area contributed by atoms with Crippen LogP contribution in [0.4, 0.5) is 0 Å². The van der Waals surface area contributed by atoms with E-state index in [2.05, 4.69) is 65.8 Å². The predicted molar refractivity (Wildman–Crippen MR) is 106 cm³/mol. The Bertz CT molecular complexity index is 872. The summed E-state index contributed by atoms with van der Waals surface area (Å²) >= 11 is 0. The lowest BCUT2D eigenvalue weighted by atomic mass is 9.92. The van der Waals surface area contributed by atoms with Crippen molar-refractivity contribution < 1.29 is 4.74 Å². The van der Waals surface area contributed by atoms with Crippen LogP contribution in [0.2, 0.25) is 0 Å². The first-order valence-corrected chi connectivity index (χ1v) is 9.58. The van der Waals surface area contributed by atoms with Gasteiger partial charge in [-0.2, -0.15) is 5.10 Å². The lowest BCUT2D eigenvalue weighted by Crippen LogP contribution is -2.37. The molecule has 3 aromatic rings. The van der Waals surface area contributed by atoms with Crippen LogP contribution in [0.5, 0.6) is 5.75 Å². The van der Waals surface area contributed by atoms with Crippen LogP contribution in [-0.4, -0.2) is 22.3 Å². The Morgan fingerprint density at radius 2 is 2.04 bits per heavy atom. The number of aromatic amines is 1. The van der Waals surface area contributed by atoms with E-state index in [1.165, 1.54) is 29.5 Å². The summed E-state index contributed by atoms with van der Waals surface area (Å²) < 4.78 is 6.45. The van der Waals surface area contributed by atoms with Gasteiger partial charge in [-0.15, -0.1) is 0 Å². The highest BCUT2D eigenvalue weighted by Gasteiger charge is 2.24. The van der Waals surface area contributed by atoms with Crippen LogP contribution in [-0.2, 0) is 6.54 Å². The molecular formula is C22H27N3O. The second-order valence-electron chi connectivity index (χ2n) is 7.45. The molecule has 1 aliphatic rings. The van der Waals surface area contributed by atoms with Crippen molar-refractivity contribution in [1.29, 1.82) is 0 Å². The zero-order valence-corrected chi connectivity index (χ0v) is 15.6. The summed E-state index contributed by atoms with van der Waals surface area (Å²) in [6.07, 6.45) is 6.81. The standard InChI is InChI=1S/C22H27N3O/c1-15-11-21(16(2)20-14-24-25-22(15)20)26-19-10-6-9-18(12-19)23-13-17-7-4-3-5-8-17/h3-5,7-8,11,14,18-19,23H,6,9-10,12-13H2,1-2H3,(H,24,25)/t18-,19+/m0/s1. The second-order valence-corrected chi connectivity index (χ2v) is 7.45. The Labute approximate surface area is 155 Å². The first kappa shape index (κ1) is 17.1. The highest BCUT2D eigenvalue weighted by atomic mass is 16.5. The topological polar surface area (TPSA) is 49.9 Å². The molecule has 4 nitrogen and oxygen atoms in total. The third-order valence-electron chi connectivity index (χ3n) is 5.51. The maximum Gasteiger partial charge on any atom is 0.123 e. The molecule has 4 rings (SSSR count). The summed E-state index contributed by atoms with van der Waals surface area (Å²) in [5, 5.41) is 12.1. The molecule has 26 heavy (non-hydrogen) atoms. The summed E-state index contributed by atoms with van der Waals surface area (Å²) in [6.45, 7) is 5.16. The molecule has 0 spiro atoms. The van der Waals surface area contributed by atoms with Gasteiger partial charge in [0.15, 0.2) is 0 Å². The maximum absolute atomic E-state index is 6.45. The number of rotatable bonds is 5. The van der Waals surface area contributed by atoms with E-state index in [0.717, 1.165) is 36.0 Å². The summed E-state index contributed by atoms with van der Waals surface area (Å²) in [5.74, 6) is 1.00. The predicted octanol–water partition coefficient (Wildman–Crippen LogP) is 4.66. The summed E-state index contributed by atoms with van der Waals surface area (Å²) in [7, 11) is 0. The van der Waals surface area contributed by atoms with Crippen LogP contribution < -0.4 is 10.1 Å². The third kappa shape index (κ3) is 3.61. The zero-order chi connectivity index (χ0) is 17.9. The van der Waals surface area contributed by atoms with Gasteiger partial charge in [-0.1, -0.05) is 30.3 Å². The number of hydrogen-bond acceptors (Lipinski definition) is 3. The van der Waals surface area contributed by atoms with Crippen LogP contribution in [0.3, 0.4) is 0 Å². The molecule has 2 N–H and O–H groups in total. The number of hydrogen-bond donors (Lipinski definition) is 2. The average Bonchev–Trinajstić information content (AvgIpc) is 3.16. The first-order chi connectivity index (χ1) is 12.7. The molecule has 0 amide bonds. The van der Waals surface area contributed by atoms with Crippen LogP contribution in [0.1, 0.15) is 42.4 Å². The second kappa shape index (κ2) is 7.50. The van der Waals surface area contributed by atoms with Crippen LogP contribution >= 0.6 is 0 Å². The van der Waals surface area contributed by atoms with Crippen LogP contribution in [0, 0.1) is 13.8 Å². The smallest absolute Gasteiger partial charge is 0.123 e. The summed E-state index contributed by atoms with van der Waals surface area (Å²) in [6, 6.07) is 13.3. The van der Waals surface area contributed by atoms with Crippen molar-refractivity contribution in [2.45, 2.75) is 58.2 Å². The van der Waals surface area contributed by atoms with Gasteiger partial charge in [-0.25, -0.2) is 0 Å². The monoisotopic (exact) mass is 349 g/mol. The van der Waals surface area contributed by atoms with Crippen molar-refractivity contribution in [1.82, 2.24) is 15.5 Å². The Hall–Kier alpha value is -2.33. The number of aromatic nitrogens is 2. The molecule has 0 unspecified atom stereocenters. The lowest BCUT2D eigenvalue weighted by Gasteiger charge is -2.31. The number of fused-ring (bicyclic) bond motifs is 1. The molecule has 1 saturated carbocycles. The van der Waals surface area contributed by atoms with Gasteiger partial charge in [-0.3, -0.25) is 5.10 Å². The van der Waals surface area contributed by atoms with Crippen molar-refractivity contribution in [2.75, 3.05) is 0 Å². The van der Waals surface area contributed by atoms with Gasteiger partial charge in [0, 0.05) is 23.5 Å². The van der Waals surface area contributed by atoms with Gasteiger partial charge in [0.25, 0.3) is 0 Å². The third-order valence-corrected chi connectivity index (χ3v) is 5.51. The molecule has 1 aromatic heterocycles. The minimum absolute atomic E-state index is 0.277. The fourth-order valence-electron chi connectivity index (χ4n) is 3.98. The van der Waals surface area contributed by atoms with Gasteiger partial charge in [0.05, 0.1) is 11.7 Å². The van der Waals surface area contributed by atoms with Crippen molar-refractivity contribution in [3.05, 3.63) is 59.3 Å². The molecule has 4 heteroatoms. The Morgan fingerprint density at radius 3 is 2.88 bits per heavy atom. The molecule has 0 bridgehead atoms. The van der Waals surface area contributed by atoms with Gasteiger partial charge < -0.3 is 10.1 Å². The normalized spacial score (nSPS) is 20.4. The van der Waals surface area contributed by atoms with E-state index in [9.17, 15) is 0 Å². The van der Waals surface area contributed by atoms with Crippen molar-refractivity contribution in [3.63, 3.8) is 0 Å². The molecule has 1 heterocycles. The Morgan fingerprint density at radius 1 is 1.19 bits per heavy atom. The van der Waals surface area contributed by atoms with E-state index in [0.29, 0.717) is 6.04 Å². The fraction of sp³-hybridized carbons (Fsp3) is 0.409. The zero-order valence-electron chi connectivity index (χ0n) is 15.6. The molecule has 0 saturated heterocycles. The van der Waals surface area contributed by atoms with Gasteiger partial charge in [0.1, 0.15) is 11.9 Å². The van der Waals surface area contributed by atoms with Gasteiger partial charge >= 0.3 is 0 Å². The number of aryl methyl sites for hydroxylation is 2. The molecule has 1 fully saturated rings. The number of H-pyrrole nitrogens is 1. The average molecular weight is 349 g/mol. The molecule has 0 radical (unpaired) electrons. The van der Waals surface area contributed by atoms with E-state index in [1.807, 2.05) is 6.20 Å². The van der Waals surface area contributed by atoms with E-state index in [4.69, 9.17) is 4.74 Å². The van der Waals surface area contributed by atoms with Gasteiger partial charge in [0.2, 0.25) is 0 Å². The van der Waals surface area contributed by atoms with Crippen LogP contribution in [0.15, 0.2) is 42.6 Å². The SMILES string of the molecule is Cc1c(O[C@@H]2CCC[C@H](NCc3ccccc3)C2)cc(C)c2[nH]ncc12. The number of benzene rings is 2. The van der Waals surface area contributed by atoms with Crippen molar-refractivity contribution in [2.24, 2.45) is 0 Å². The van der Waals surface area contributed by atoms with E-state index in [1.54, 1.807) is 0 Å². The first-order valence-electron chi connectivity index (χ1n) is 9.58. The van der Waals surface area contributed by atoms with E-state index in [-0.39, 0.29) is 6.10 Å². The highest BCUT2D eigenvalue weighted by Crippen LogP contribution is 2.32. The van der Waals surface area contributed by atoms with Crippen LogP contribution in [0.25, 0.3) is 10.9 Å². The minimum Gasteiger partial charge on any atom is -0.490 e.